The van der Waals surface area contributed by atoms with Gasteiger partial charge in [-0.1, -0.05) is 48.5 Å². The van der Waals surface area contributed by atoms with E-state index in [2.05, 4.69) is 46.6 Å². The number of para-hydroxylation sites is 1. The molecule has 0 saturated carbocycles. The first-order valence-electron chi connectivity index (χ1n) is 10.8. The molecule has 0 radical (unpaired) electrons. The highest BCUT2D eigenvalue weighted by atomic mass is 16.2. The minimum absolute atomic E-state index is 0.117. The van der Waals surface area contributed by atoms with Gasteiger partial charge < -0.3 is 15.1 Å². The van der Waals surface area contributed by atoms with Crippen LogP contribution in [0.1, 0.15) is 24.8 Å². The van der Waals surface area contributed by atoms with Crippen LogP contribution in [0.3, 0.4) is 0 Å². The Bertz CT molecular complexity index is 920. The van der Waals surface area contributed by atoms with Gasteiger partial charge >= 0.3 is 0 Å². The van der Waals surface area contributed by atoms with Crippen molar-refractivity contribution in [2.24, 2.45) is 0 Å². The van der Waals surface area contributed by atoms with E-state index in [-0.39, 0.29) is 5.91 Å². The number of carbonyl (C=O) groups excluding carboxylic acids is 1. The van der Waals surface area contributed by atoms with Crippen LogP contribution in [0.2, 0.25) is 0 Å². The van der Waals surface area contributed by atoms with Crippen LogP contribution in [-0.2, 0) is 11.3 Å². The number of rotatable bonds is 8. The summed E-state index contributed by atoms with van der Waals surface area (Å²) in [5.41, 5.74) is 4.40. The first-order valence-corrected chi connectivity index (χ1v) is 10.8. The van der Waals surface area contributed by atoms with Gasteiger partial charge in [-0.15, -0.1) is 0 Å². The van der Waals surface area contributed by atoms with Crippen molar-refractivity contribution < 1.29 is 4.79 Å². The van der Waals surface area contributed by atoms with Crippen LogP contribution in [0.25, 0.3) is 0 Å². The summed E-state index contributed by atoms with van der Waals surface area (Å²) in [4.78, 5) is 17.3. The van der Waals surface area contributed by atoms with Crippen LogP contribution >= 0.6 is 0 Å². The molecule has 1 aliphatic rings. The van der Waals surface area contributed by atoms with Crippen molar-refractivity contribution in [3.63, 3.8) is 0 Å². The second-order valence-electron chi connectivity index (χ2n) is 7.72. The molecule has 1 N–H and O–H groups in total. The summed E-state index contributed by atoms with van der Waals surface area (Å²) < 4.78 is 0. The molecular formula is C26H29N3O. The maximum atomic E-state index is 13.0. The molecule has 1 heterocycles. The monoisotopic (exact) mass is 399 g/mol. The number of nitrogens with one attached hydrogen (secondary N) is 1. The quantitative estimate of drug-likeness (QED) is 0.557. The zero-order valence-electron chi connectivity index (χ0n) is 17.3. The van der Waals surface area contributed by atoms with E-state index in [4.69, 9.17) is 0 Å². The van der Waals surface area contributed by atoms with Crippen molar-refractivity contribution in [3.8, 4) is 0 Å². The Morgan fingerprint density at radius 3 is 2.13 bits per heavy atom. The number of amides is 1. The molecular weight excluding hydrogens is 370 g/mol. The average molecular weight is 400 g/mol. The smallest absolute Gasteiger partial charge is 0.229 e. The van der Waals surface area contributed by atoms with Gasteiger partial charge in [0.15, 0.2) is 0 Å². The third-order valence-electron chi connectivity index (χ3n) is 5.56. The number of hydrogen-bond acceptors (Lipinski definition) is 3. The van der Waals surface area contributed by atoms with Gasteiger partial charge in [0.1, 0.15) is 0 Å². The fourth-order valence-electron chi connectivity index (χ4n) is 3.91. The van der Waals surface area contributed by atoms with Crippen molar-refractivity contribution in [2.45, 2.75) is 25.8 Å². The predicted molar refractivity (Wildman–Crippen MR) is 125 cm³/mol. The Morgan fingerprint density at radius 1 is 0.833 bits per heavy atom. The molecule has 0 bridgehead atoms. The summed E-state index contributed by atoms with van der Waals surface area (Å²) in [7, 11) is 0. The highest BCUT2D eigenvalue weighted by molar-refractivity contribution is 5.93. The summed E-state index contributed by atoms with van der Waals surface area (Å²) in [6.07, 6.45) is 3.00. The summed E-state index contributed by atoms with van der Waals surface area (Å²) in [6, 6.07) is 28.6. The van der Waals surface area contributed by atoms with E-state index < -0.39 is 0 Å². The van der Waals surface area contributed by atoms with Gasteiger partial charge in [-0.2, -0.15) is 0 Å². The summed E-state index contributed by atoms with van der Waals surface area (Å²) in [5.74, 6) is 0.117. The van der Waals surface area contributed by atoms with Crippen LogP contribution in [0.5, 0.6) is 0 Å². The predicted octanol–water partition coefficient (Wildman–Crippen LogP) is 5.32. The zero-order valence-corrected chi connectivity index (χ0v) is 17.3. The van der Waals surface area contributed by atoms with Crippen LogP contribution in [-0.4, -0.2) is 25.5 Å². The fourth-order valence-corrected chi connectivity index (χ4v) is 3.91. The maximum Gasteiger partial charge on any atom is 0.229 e. The van der Waals surface area contributed by atoms with Gasteiger partial charge in [0.2, 0.25) is 5.91 Å². The molecule has 0 spiro atoms. The molecule has 0 aromatic heterocycles. The lowest BCUT2D eigenvalue weighted by atomic mass is 10.2. The molecule has 3 aromatic carbocycles. The SMILES string of the molecule is O=C(CCNc1ccc(N2CCCC2)cc1)N(Cc1ccccc1)c1ccccc1. The lowest BCUT2D eigenvalue weighted by Gasteiger charge is -2.23. The standard InChI is InChI=1S/C26H29N3O/c30-26(17-18-27-23-13-15-24(16-14-23)28-19-7-8-20-28)29(25-11-5-2-6-12-25)21-22-9-3-1-4-10-22/h1-6,9-16,27H,7-8,17-21H2. The van der Waals surface area contributed by atoms with Crippen LogP contribution < -0.4 is 15.1 Å². The van der Waals surface area contributed by atoms with Gasteiger partial charge in [-0.25, -0.2) is 0 Å². The summed E-state index contributed by atoms with van der Waals surface area (Å²) in [5, 5.41) is 3.40. The third-order valence-corrected chi connectivity index (χ3v) is 5.56. The molecule has 154 valence electrons. The molecule has 30 heavy (non-hydrogen) atoms. The normalized spacial score (nSPS) is 13.3. The number of anilines is 3. The Morgan fingerprint density at radius 2 is 1.47 bits per heavy atom. The maximum absolute atomic E-state index is 13.0. The highest BCUT2D eigenvalue weighted by Gasteiger charge is 2.16. The Kier molecular flexibility index (Phi) is 6.65. The zero-order chi connectivity index (χ0) is 20.6. The van der Waals surface area contributed by atoms with Gasteiger partial charge in [0, 0.05) is 43.1 Å². The molecule has 1 fully saturated rings. The molecule has 1 aliphatic heterocycles. The fraction of sp³-hybridized carbons (Fsp3) is 0.269. The van der Waals surface area contributed by atoms with E-state index in [0.29, 0.717) is 19.5 Å². The van der Waals surface area contributed by atoms with Gasteiger partial charge in [0.25, 0.3) is 0 Å². The molecule has 1 amide bonds. The largest absolute Gasteiger partial charge is 0.385 e. The molecule has 0 atom stereocenters. The van der Waals surface area contributed by atoms with Crippen molar-refractivity contribution >= 4 is 23.0 Å². The van der Waals surface area contributed by atoms with Crippen LogP contribution in [0, 0.1) is 0 Å². The van der Waals surface area contributed by atoms with Gasteiger partial charge in [-0.3, -0.25) is 4.79 Å². The molecule has 3 aromatic rings. The molecule has 1 saturated heterocycles. The summed E-state index contributed by atoms with van der Waals surface area (Å²) in [6.45, 7) is 3.49. The lowest BCUT2D eigenvalue weighted by Crippen LogP contribution is -2.31. The summed E-state index contributed by atoms with van der Waals surface area (Å²) >= 11 is 0. The second-order valence-corrected chi connectivity index (χ2v) is 7.72. The Balaban J connectivity index is 1.35. The van der Waals surface area contributed by atoms with E-state index in [0.717, 1.165) is 30.0 Å². The first-order chi connectivity index (χ1) is 14.8. The Labute approximate surface area is 179 Å². The van der Waals surface area contributed by atoms with Gasteiger partial charge in [0.05, 0.1) is 6.54 Å². The molecule has 4 rings (SSSR count). The van der Waals surface area contributed by atoms with Crippen LogP contribution in [0.4, 0.5) is 17.1 Å². The number of nitrogens with zero attached hydrogens (tertiary/aromatic N) is 2. The first kappa shape index (κ1) is 20.0. The second kappa shape index (κ2) is 9.97. The number of carbonyl (C=O) groups is 1. The van der Waals surface area contributed by atoms with Crippen molar-refractivity contribution in [3.05, 3.63) is 90.5 Å². The van der Waals surface area contributed by atoms with E-state index >= 15 is 0 Å². The molecule has 4 heteroatoms. The van der Waals surface area contributed by atoms with Crippen molar-refractivity contribution in [1.82, 2.24) is 0 Å². The number of hydrogen-bond donors (Lipinski definition) is 1. The topological polar surface area (TPSA) is 35.6 Å². The highest BCUT2D eigenvalue weighted by Crippen LogP contribution is 2.22. The number of benzene rings is 3. The minimum Gasteiger partial charge on any atom is -0.385 e. The van der Waals surface area contributed by atoms with E-state index in [1.807, 2.05) is 53.4 Å². The van der Waals surface area contributed by atoms with E-state index in [9.17, 15) is 4.79 Å². The molecule has 0 unspecified atom stereocenters. The minimum atomic E-state index is 0.117. The van der Waals surface area contributed by atoms with E-state index in [1.54, 1.807) is 0 Å². The molecule has 0 aliphatic carbocycles. The Hall–Kier alpha value is -3.27. The van der Waals surface area contributed by atoms with E-state index in [1.165, 1.54) is 18.5 Å². The third kappa shape index (κ3) is 5.20. The van der Waals surface area contributed by atoms with Crippen molar-refractivity contribution in [2.75, 3.05) is 34.8 Å². The van der Waals surface area contributed by atoms with Gasteiger partial charge in [-0.05, 0) is 54.8 Å². The van der Waals surface area contributed by atoms with Crippen molar-refractivity contribution in [1.29, 1.82) is 0 Å². The average Bonchev–Trinajstić information content (AvgIpc) is 3.34. The lowest BCUT2D eigenvalue weighted by molar-refractivity contribution is -0.118. The van der Waals surface area contributed by atoms with Crippen LogP contribution in [0.15, 0.2) is 84.9 Å². The molecule has 4 nitrogen and oxygen atoms in total.